The van der Waals surface area contributed by atoms with E-state index in [-0.39, 0.29) is 4.90 Å². The second-order valence-electron chi connectivity index (χ2n) is 3.38. The van der Waals surface area contributed by atoms with Crippen molar-refractivity contribution in [3.8, 4) is 0 Å². The molecule has 1 aromatic rings. The Hall–Kier alpha value is -1.99. The molecule has 0 fully saturated rings. The summed E-state index contributed by atoms with van der Waals surface area (Å²) in [5.41, 5.74) is 0.303. The third-order valence-corrected chi connectivity index (χ3v) is 3.16. The van der Waals surface area contributed by atoms with Gasteiger partial charge in [0, 0.05) is 12.2 Å². The maximum absolute atomic E-state index is 11.3. The van der Waals surface area contributed by atoms with Crippen molar-refractivity contribution in [3.05, 3.63) is 36.4 Å². The highest BCUT2D eigenvalue weighted by molar-refractivity contribution is 7.89. The van der Waals surface area contributed by atoms with Gasteiger partial charge < -0.3 is 0 Å². The second-order valence-corrected chi connectivity index (χ2v) is 4.95. The number of hydrogen-bond acceptors (Lipinski definition) is 4. The van der Waals surface area contributed by atoms with Crippen LogP contribution >= 0.6 is 0 Å². The lowest BCUT2D eigenvalue weighted by atomic mass is 10.3. The van der Waals surface area contributed by atoms with E-state index in [1.165, 1.54) is 24.3 Å². The zero-order chi connectivity index (χ0) is 12.6. The molecule has 0 saturated heterocycles. The van der Waals surface area contributed by atoms with E-state index < -0.39 is 21.8 Å². The van der Waals surface area contributed by atoms with Gasteiger partial charge in [0.15, 0.2) is 0 Å². The summed E-state index contributed by atoms with van der Waals surface area (Å²) in [5, 5.41) is 4.93. The van der Waals surface area contributed by atoms with Crippen molar-refractivity contribution in [1.29, 1.82) is 0 Å². The molecule has 2 N–H and O–H groups in total. The molecule has 1 aliphatic heterocycles. The van der Waals surface area contributed by atoms with Crippen LogP contribution in [0.15, 0.2) is 41.3 Å². The molecule has 0 aromatic heterocycles. The molecular weight excluding hydrogens is 244 g/mol. The van der Waals surface area contributed by atoms with Gasteiger partial charge in [0.2, 0.25) is 10.0 Å². The molecule has 0 unspecified atom stereocenters. The van der Waals surface area contributed by atoms with Crippen LogP contribution in [0.3, 0.4) is 0 Å². The lowest BCUT2D eigenvalue weighted by molar-refractivity contribution is -0.119. The number of amides is 2. The number of imide groups is 1. The summed E-state index contributed by atoms with van der Waals surface area (Å²) in [6, 6.07) is 5.18. The maximum Gasteiger partial charge on any atom is 0.258 e. The third-order valence-electron chi connectivity index (χ3n) is 2.23. The Labute approximate surface area is 97.4 Å². The highest BCUT2D eigenvalue weighted by Gasteiger charge is 2.25. The van der Waals surface area contributed by atoms with Gasteiger partial charge in [-0.05, 0) is 24.3 Å². The van der Waals surface area contributed by atoms with Gasteiger partial charge in [-0.25, -0.2) is 18.5 Å². The van der Waals surface area contributed by atoms with Crippen LogP contribution in [0.5, 0.6) is 0 Å². The quantitative estimate of drug-likeness (QED) is 0.735. The summed E-state index contributed by atoms with van der Waals surface area (Å²) in [6.07, 6.45) is 2.30. The number of carbonyl (C=O) groups is 2. The number of benzene rings is 1. The van der Waals surface area contributed by atoms with Crippen LogP contribution in [0.1, 0.15) is 0 Å². The molecule has 7 heteroatoms. The predicted octanol–water partition coefficient (Wildman–Crippen LogP) is -0.237. The van der Waals surface area contributed by atoms with E-state index in [1.54, 1.807) is 0 Å². The van der Waals surface area contributed by atoms with E-state index in [1.807, 2.05) is 0 Å². The van der Waals surface area contributed by atoms with Crippen molar-refractivity contribution in [1.82, 2.24) is 0 Å². The topological polar surface area (TPSA) is 97.5 Å². The SMILES string of the molecule is NS(=O)(=O)c1ccc(N2C(=O)C=CC2=O)cc1. The Kier molecular flexibility index (Phi) is 2.56. The van der Waals surface area contributed by atoms with E-state index >= 15 is 0 Å². The maximum atomic E-state index is 11.3. The van der Waals surface area contributed by atoms with Gasteiger partial charge >= 0.3 is 0 Å². The molecule has 0 saturated carbocycles. The zero-order valence-corrected chi connectivity index (χ0v) is 9.35. The first kappa shape index (κ1) is 11.5. The van der Waals surface area contributed by atoms with Crippen LogP contribution in [0.4, 0.5) is 5.69 Å². The zero-order valence-electron chi connectivity index (χ0n) is 8.53. The van der Waals surface area contributed by atoms with E-state index in [9.17, 15) is 18.0 Å². The molecule has 88 valence electrons. The average molecular weight is 252 g/mol. The first-order valence-corrected chi connectivity index (χ1v) is 6.13. The van der Waals surface area contributed by atoms with Crippen LogP contribution in [0.2, 0.25) is 0 Å². The van der Waals surface area contributed by atoms with E-state index in [4.69, 9.17) is 5.14 Å². The lowest BCUT2D eigenvalue weighted by Crippen LogP contribution is -2.29. The Balaban J connectivity index is 2.37. The molecule has 2 rings (SSSR count). The Morgan fingerprint density at radius 2 is 1.41 bits per heavy atom. The number of anilines is 1. The fourth-order valence-corrected chi connectivity index (χ4v) is 1.96. The van der Waals surface area contributed by atoms with Gasteiger partial charge in [-0.15, -0.1) is 0 Å². The molecule has 0 radical (unpaired) electrons. The summed E-state index contributed by atoms with van der Waals surface area (Å²) in [7, 11) is -3.77. The van der Waals surface area contributed by atoms with Crippen LogP contribution in [-0.4, -0.2) is 20.2 Å². The monoisotopic (exact) mass is 252 g/mol. The molecule has 0 atom stereocenters. The number of nitrogens with two attached hydrogens (primary N) is 1. The van der Waals surface area contributed by atoms with Crippen molar-refractivity contribution in [3.63, 3.8) is 0 Å². The average Bonchev–Trinajstić information content (AvgIpc) is 2.58. The normalized spacial score (nSPS) is 15.7. The lowest BCUT2D eigenvalue weighted by Gasteiger charge is -2.13. The highest BCUT2D eigenvalue weighted by Crippen LogP contribution is 2.20. The van der Waals surface area contributed by atoms with Crippen molar-refractivity contribution < 1.29 is 18.0 Å². The molecule has 2 amide bonds. The highest BCUT2D eigenvalue weighted by atomic mass is 32.2. The minimum Gasteiger partial charge on any atom is -0.269 e. The van der Waals surface area contributed by atoms with Crippen molar-refractivity contribution in [2.24, 2.45) is 5.14 Å². The number of sulfonamides is 1. The van der Waals surface area contributed by atoms with Crippen LogP contribution in [0, 0.1) is 0 Å². The number of rotatable bonds is 2. The first-order chi connectivity index (χ1) is 7.89. The van der Waals surface area contributed by atoms with Crippen molar-refractivity contribution in [2.45, 2.75) is 4.90 Å². The van der Waals surface area contributed by atoms with Crippen molar-refractivity contribution in [2.75, 3.05) is 4.90 Å². The summed E-state index contributed by atoms with van der Waals surface area (Å²) in [5.74, 6) is -0.920. The molecule has 0 bridgehead atoms. The van der Waals surface area contributed by atoms with Crippen LogP contribution < -0.4 is 10.0 Å². The van der Waals surface area contributed by atoms with Gasteiger partial charge in [0.25, 0.3) is 11.8 Å². The molecule has 1 aliphatic rings. The molecule has 6 nitrogen and oxygen atoms in total. The van der Waals surface area contributed by atoms with E-state index in [2.05, 4.69) is 0 Å². The van der Waals surface area contributed by atoms with Gasteiger partial charge in [0.1, 0.15) is 0 Å². The van der Waals surface area contributed by atoms with Crippen LogP contribution in [0.25, 0.3) is 0 Å². The number of hydrogen-bond donors (Lipinski definition) is 1. The largest absolute Gasteiger partial charge is 0.269 e. The molecule has 0 spiro atoms. The fourth-order valence-electron chi connectivity index (χ4n) is 1.44. The van der Waals surface area contributed by atoms with Gasteiger partial charge in [-0.3, -0.25) is 9.59 Å². The summed E-state index contributed by atoms with van der Waals surface area (Å²) >= 11 is 0. The Bertz CT molecular complexity index is 598. The van der Waals surface area contributed by atoms with E-state index in [0.29, 0.717) is 5.69 Å². The predicted molar refractivity (Wildman–Crippen MR) is 59.4 cm³/mol. The van der Waals surface area contributed by atoms with Gasteiger partial charge in [-0.2, -0.15) is 0 Å². The number of primary sulfonamides is 1. The molecular formula is C10H8N2O4S. The summed E-state index contributed by atoms with van der Waals surface area (Å²) < 4.78 is 22.0. The third kappa shape index (κ3) is 2.10. The first-order valence-electron chi connectivity index (χ1n) is 4.58. The molecule has 1 aromatic carbocycles. The standard InChI is InChI=1S/C10H8N2O4S/c11-17(15,16)8-3-1-7(2-4-8)12-9(13)5-6-10(12)14/h1-6H,(H2,11,15,16). The molecule has 1 heterocycles. The van der Waals surface area contributed by atoms with Gasteiger partial charge in [-0.1, -0.05) is 0 Å². The Morgan fingerprint density at radius 3 is 1.82 bits per heavy atom. The minimum absolute atomic E-state index is 0.0756. The summed E-state index contributed by atoms with van der Waals surface area (Å²) in [4.78, 5) is 23.5. The van der Waals surface area contributed by atoms with Crippen LogP contribution in [-0.2, 0) is 19.6 Å². The molecule has 17 heavy (non-hydrogen) atoms. The van der Waals surface area contributed by atoms with Crippen molar-refractivity contribution >= 4 is 27.5 Å². The number of carbonyl (C=O) groups excluding carboxylic acids is 2. The molecule has 0 aliphatic carbocycles. The van der Waals surface area contributed by atoms with E-state index in [0.717, 1.165) is 17.1 Å². The fraction of sp³-hybridized carbons (Fsp3) is 0. The second kappa shape index (κ2) is 3.79. The van der Waals surface area contributed by atoms with Gasteiger partial charge in [0.05, 0.1) is 10.6 Å². The summed E-state index contributed by atoms with van der Waals surface area (Å²) in [6.45, 7) is 0. The minimum atomic E-state index is -3.77. The number of nitrogens with zero attached hydrogens (tertiary/aromatic N) is 1. The smallest absolute Gasteiger partial charge is 0.258 e. The Morgan fingerprint density at radius 1 is 0.941 bits per heavy atom.